The molecule has 1 aliphatic heterocycles. The van der Waals surface area contributed by atoms with Crippen molar-refractivity contribution in [2.45, 2.75) is 13.8 Å². The molecule has 2 aromatic carbocycles. The third kappa shape index (κ3) is 1.35. The molecular formula is C16H18N2. The standard InChI is InChI=1S/C16H18N2/c1-11-7-5-9-13-15(11)16-12(2)8-6-10-14(16)18(4)17(13)3/h5-10H,1-4H3. The lowest BCUT2D eigenvalue weighted by atomic mass is 9.91. The molecule has 3 rings (SSSR count). The molecule has 0 unspecified atom stereocenters. The maximum atomic E-state index is 2.21. The average Bonchev–Trinajstić information content (AvgIpc) is 2.36. The molecule has 0 bridgehead atoms. The lowest BCUT2D eigenvalue weighted by molar-refractivity contribution is 0.879. The number of hydrogen-bond acceptors (Lipinski definition) is 2. The minimum absolute atomic E-state index is 1.28. The summed E-state index contributed by atoms with van der Waals surface area (Å²) in [4.78, 5) is 0. The second kappa shape index (κ2) is 3.77. The van der Waals surface area contributed by atoms with Gasteiger partial charge in [0.2, 0.25) is 0 Å². The first-order chi connectivity index (χ1) is 8.61. The van der Waals surface area contributed by atoms with Crippen LogP contribution in [0.25, 0.3) is 11.1 Å². The number of hydrogen-bond donors (Lipinski definition) is 0. The molecule has 0 amide bonds. The summed E-state index contributed by atoms with van der Waals surface area (Å²) >= 11 is 0. The van der Waals surface area contributed by atoms with E-state index < -0.39 is 0 Å². The van der Waals surface area contributed by atoms with Crippen LogP contribution < -0.4 is 10.0 Å². The summed E-state index contributed by atoms with van der Waals surface area (Å²) in [6.07, 6.45) is 0. The molecule has 0 fully saturated rings. The molecule has 2 nitrogen and oxygen atoms in total. The van der Waals surface area contributed by atoms with Gasteiger partial charge in [0.25, 0.3) is 0 Å². The number of rotatable bonds is 0. The first kappa shape index (κ1) is 11.1. The van der Waals surface area contributed by atoms with Crippen LogP contribution in [-0.4, -0.2) is 14.1 Å². The molecule has 0 saturated carbocycles. The summed E-state index contributed by atoms with van der Waals surface area (Å²) in [6.45, 7) is 4.38. The van der Waals surface area contributed by atoms with Gasteiger partial charge in [-0.15, -0.1) is 0 Å². The Morgan fingerprint density at radius 2 is 1.06 bits per heavy atom. The summed E-state index contributed by atoms with van der Waals surface area (Å²) < 4.78 is 0. The molecule has 2 aromatic rings. The van der Waals surface area contributed by atoms with Crippen molar-refractivity contribution in [3.63, 3.8) is 0 Å². The fourth-order valence-electron chi connectivity index (χ4n) is 2.82. The van der Waals surface area contributed by atoms with E-state index in [1.807, 2.05) is 0 Å². The van der Waals surface area contributed by atoms with Gasteiger partial charge >= 0.3 is 0 Å². The lowest BCUT2D eigenvalue weighted by Gasteiger charge is -2.40. The normalized spacial score (nSPS) is 13.3. The van der Waals surface area contributed by atoms with Gasteiger partial charge in [-0.3, -0.25) is 10.0 Å². The lowest BCUT2D eigenvalue weighted by Crippen LogP contribution is -2.39. The predicted molar refractivity (Wildman–Crippen MR) is 78.2 cm³/mol. The van der Waals surface area contributed by atoms with E-state index in [1.165, 1.54) is 33.6 Å². The molecule has 1 aliphatic rings. The summed E-state index contributed by atoms with van der Waals surface area (Å²) in [5, 5.41) is 4.42. The largest absolute Gasteiger partial charge is 0.288 e. The fraction of sp³-hybridized carbons (Fsp3) is 0.250. The van der Waals surface area contributed by atoms with Gasteiger partial charge in [0.15, 0.2) is 0 Å². The Balaban J connectivity index is 2.42. The van der Waals surface area contributed by atoms with Crippen molar-refractivity contribution in [3.8, 4) is 11.1 Å². The van der Waals surface area contributed by atoms with Crippen molar-refractivity contribution in [1.82, 2.24) is 0 Å². The van der Waals surface area contributed by atoms with Gasteiger partial charge in [-0.2, -0.15) is 0 Å². The first-order valence-electron chi connectivity index (χ1n) is 6.28. The van der Waals surface area contributed by atoms with E-state index in [4.69, 9.17) is 0 Å². The van der Waals surface area contributed by atoms with Gasteiger partial charge in [0.05, 0.1) is 11.4 Å². The molecule has 0 N–H and O–H groups in total. The Labute approximate surface area is 108 Å². The number of aryl methyl sites for hydroxylation is 2. The zero-order chi connectivity index (χ0) is 12.9. The predicted octanol–water partition coefficient (Wildman–Crippen LogP) is 3.77. The quantitative estimate of drug-likeness (QED) is 0.689. The van der Waals surface area contributed by atoms with Crippen LogP contribution in [0, 0.1) is 13.8 Å². The van der Waals surface area contributed by atoms with Crippen LogP contribution in [-0.2, 0) is 0 Å². The third-order valence-corrected chi connectivity index (χ3v) is 3.90. The Bertz CT molecular complexity index is 561. The molecule has 0 atom stereocenters. The van der Waals surface area contributed by atoms with Crippen molar-refractivity contribution >= 4 is 11.4 Å². The maximum Gasteiger partial charge on any atom is 0.0652 e. The molecule has 1 heterocycles. The van der Waals surface area contributed by atoms with Gasteiger partial charge in [-0.25, -0.2) is 0 Å². The van der Waals surface area contributed by atoms with Crippen molar-refractivity contribution < 1.29 is 0 Å². The van der Waals surface area contributed by atoms with Crippen molar-refractivity contribution in [2.24, 2.45) is 0 Å². The Kier molecular flexibility index (Phi) is 2.34. The van der Waals surface area contributed by atoms with E-state index in [0.717, 1.165) is 0 Å². The van der Waals surface area contributed by atoms with E-state index in [2.05, 4.69) is 74.4 Å². The van der Waals surface area contributed by atoms with Crippen LogP contribution in [0.3, 0.4) is 0 Å². The summed E-state index contributed by atoms with van der Waals surface area (Å²) in [5.41, 5.74) is 7.96. The van der Waals surface area contributed by atoms with Crippen molar-refractivity contribution in [1.29, 1.82) is 0 Å². The zero-order valence-corrected chi connectivity index (χ0v) is 11.4. The number of fused-ring (bicyclic) bond motifs is 3. The van der Waals surface area contributed by atoms with Gasteiger partial charge < -0.3 is 0 Å². The molecule has 0 saturated heterocycles. The molecule has 0 spiro atoms. The second-order valence-electron chi connectivity index (χ2n) is 4.99. The van der Waals surface area contributed by atoms with Crippen LogP contribution in [0.15, 0.2) is 36.4 Å². The molecular weight excluding hydrogens is 220 g/mol. The SMILES string of the molecule is Cc1cccc2c1-c1c(C)cccc1N(C)N2C. The van der Waals surface area contributed by atoms with Crippen LogP contribution >= 0.6 is 0 Å². The van der Waals surface area contributed by atoms with E-state index in [9.17, 15) is 0 Å². The van der Waals surface area contributed by atoms with Crippen LogP contribution in [0.4, 0.5) is 11.4 Å². The van der Waals surface area contributed by atoms with Gasteiger partial charge in [-0.1, -0.05) is 24.3 Å². The van der Waals surface area contributed by atoms with E-state index in [1.54, 1.807) is 0 Å². The molecule has 2 heteroatoms. The second-order valence-corrected chi connectivity index (χ2v) is 4.99. The Morgan fingerprint density at radius 3 is 1.44 bits per heavy atom. The highest BCUT2D eigenvalue weighted by Crippen LogP contribution is 2.45. The van der Waals surface area contributed by atoms with Crippen molar-refractivity contribution in [3.05, 3.63) is 47.5 Å². The van der Waals surface area contributed by atoms with E-state index in [0.29, 0.717) is 0 Å². The summed E-state index contributed by atoms with van der Waals surface area (Å²) in [7, 11) is 4.23. The highest BCUT2D eigenvalue weighted by molar-refractivity contribution is 5.95. The monoisotopic (exact) mass is 238 g/mol. The van der Waals surface area contributed by atoms with E-state index in [-0.39, 0.29) is 0 Å². The minimum atomic E-state index is 1.28. The highest BCUT2D eigenvalue weighted by atomic mass is 15.6. The zero-order valence-electron chi connectivity index (χ0n) is 11.4. The van der Waals surface area contributed by atoms with Gasteiger partial charge in [-0.05, 0) is 37.1 Å². The smallest absolute Gasteiger partial charge is 0.0652 e. The highest BCUT2D eigenvalue weighted by Gasteiger charge is 2.25. The molecule has 18 heavy (non-hydrogen) atoms. The third-order valence-electron chi connectivity index (χ3n) is 3.90. The molecule has 0 radical (unpaired) electrons. The van der Waals surface area contributed by atoms with Gasteiger partial charge in [0.1, 0.15) is 0 Å². The number of nitrogens with zero attached hydrogens (tertiary/aromatic N) is 2. The minimum Gasteiger partial charge on any atom is -0.288 e. The Hall–Kier alpha value is -1.96. The maximum absolute atomic E-state index is 2.21. The van der Waals surface area contributed by atoms with Crippen LogP contribution in [0.5, 0.6) is 0 Å². The number of hydrazine groups is 1. The van der Waals surface area contributed by atoms with Gasteiger partial charge in [0, 0.05) is 25.2 Å². The summed E-state index contributed by atoms with van der Waals surface area (Å²) in [6, 6.07) is 13.0. The molecule has 0 aromatic heterocycles. The Morgan fingerprint density at radius 1 is 0.667 bits per heavy atom. The van der Waals surface area contributed by atoms with Crippen molar-refractivity contribution in [2.75, 3.05) is 24.1 Å². The number of benzene rings is 2. The number of anilines is 2. The topological polar surface area (TPSA) is 6.48 Å². The summed E-state index contributed by atoms with van der Waals surface area (Å²) in [5.74, 6) is 0. The van der Waals surface area contributed by atoms with Crippen LogP contribution in [0.1, 0.15) is 11.1 Å². The fourth-order valence-corrected chi connectivity index (χ4v) is 2.82. The molecule has 0 aliphatic carbocycles. The first-order valence-corrected chi connectivity index (χ1v) is 6.28. The van der Waals surface area contributed by atoms with Crippen LogP contribution in [0.2, 0.25) is 0 Å². The van der Waals surface area contributed by atoms with E-state index >= 15 is 0 Å². The molecule has 92 valence electrons. The average molecular weight is 238 g/mol.